The second-order valence-corrected chi connectivity index (χ2v) is 8.03. The molecule has 0 unspecified atom stereocenters. The van der Waals surface area contributed by atoms with Crippen molar-refractivity contribution in [1.29, 1.82) is 5.26 Å². The number of nitriles is 1. The van der Waals surface area contributed by atoms with Crippen LogP contribution in [0, 0.1) is 18.3 Å². The van der Waals surface area contributed by atoms with Crippen molar-refractivity contribution in [2.75, 3.05) is 11.6 Å². The summed E-state index contributed by atoms with van der Waals surface area (Å²) in [6.45, 7) is 1.70. The van der Waals surface area contributed by atoms with Gasteiger partial charge in [0, 0.05) is 17.3 Å². The van der Waals surface area contributed by atoms with Crippen molar-refractivity contribution in [3.63, 3.8) is 0 Å². The molecule has 0 spiro atoms. The van der Waals surface area contributed by atoms with E-state index in [1.807, 2.05) is 6.07 Å². The molecule has 8 nitrogen and oxygen atoms in total. The summed E-state index contributed by atoms with van der Waals surface area (Å²) in [5, 5.41) is 20.4. The lowest BCUT2D eigenvalue weighted by Gasteiger charge is -2.14. The molecule has 1 heterocycles. The van der Waals surface area contributed by atoms with Crippen LogP contribution in [0.2, 0.25) is 0 Å². The minimum atomic E-state index is -3.49. The molecule has 3 aromatic rings. The van der Waals surface area contributed by atoms with Gasteiger partial charge in [0.1, 0.15) is 0 Å². The molecule has 0 atom stereocenters. The van der Waals surface area contributed by atoms with Gasteiger partial charge >= 0.3 is 0 Å². The predicted molar refractivity (Wildman–Crippen MR) is 100 cm³/mol. The van der Waals surface area contributed by atoms with Crippen LogP contribution in [0.3, 0.4) is 0 Å². The Hall–Kier alpha value is -3.51. The predicted octanol–water partition coefficient (Wildman–Crippen LogP) is 2.06. The Morgan fingerprint density at radius 1 is 1.22 bits per heavy atom. The maximum atomic E-state index is 12.0. The van der Waals surface area contributed by atoms with Crippen molar-refractivity contribution in [3.8, 4) is 6.07 Å². The number of nitrogens with one attached hydrogen (secondary N) is 1. The molecule has 0 bridgehead atoms. The van der Waals surface area contributed by atoms with E-state index in [0.717, 1.165) is 6.26 Å². The summed E-state index contributed by atoms with van der Waals surface area (Å²) < 4.78 is 24.0. The van der Waals surface area contributed by atoms with Gasteiger partial charge in [-0.05, 0) is 42.8 Å². The summed E-state index contributed by atoms with van der Waals surface area (Å²) in [6.07, 6.45) is 1.10. The number of aryl methyl sites for hydroxylation is 1. The first kappa shape index (κ1) is 18.3. The second-order valence-electron chi connectivity index (χ2n) is 6.01. The van der Waals surface area contributed by atoms with Gasteiger partial charge in [-0.2, -0.15) is 5.26 Å². The maximum absolute atomic E-state index is 12.0. The minimum Gasteiger partial charge on any atom is -0.364 e. The molecule has 0 aliphatic carbocycles. The Balaban J connectivity index is 2.33. The molecule has 2 aromatic carbocycles. The number of anilines is 2. The van der Waals surface area contributed by atoms with E-state index in [-0.39, 0.29) is 16.3 Å². The van der Waals surface area contributed by atoms with E-state index in [2.05, 4.69) is 15.5 Å². The Morgan fingerprint density at radius 3 is 2.59 bits per heavy atom. The molecule has 0 aliphatic heterocycles. The highest BCUT2D eigenvalue weighted by Gasteiger charge is 2.19. The van der Waals surface area contributed by atoms with Crippen LogP contribution in [0.5, 0.6) is 0 Å². The lowest BCUT2D eigenvalue weighted by atomic mass is 10.1. The van der Waals surface area contributed by atoms with Crippen molar-refractivity contribution >= 4 is 38.0 Å². The average Bonchev–Trinajstić information content (AvgIpc) is 2.61. The van der Waals surface area contributed by atoms with Crippen LogP contribution >= 0.6 is 0 Å². The standard InChI is InChI=1S/C18H15N5O3S/c1-10-6-13(27(2,25)26)8-14-15(10)22-23-17(18(20)24)16(14)21-12-5-3-4-11(7-12)9-19/h3-8H,1-2H3,(H2,20,24)(H,21,22). The molecule has 3 rings (SSSR count). The summed E-state index contributed by atoms with van der Waals surface area (Å²) in [7, 11) is -3.49. The summed E-state index contributed by atoms with van der Waals surface area (Å²) in [4.78, 5) is 11.9. The Labute approximate surface area is 155 Å². The quantitative estimate of drug-likeness (QED) is 0.705. The summed E-state index contributed by atoms with van der Waals surface area (Å²) in [5.74, 6) is -0.814. The van der Waals surface area contributed by atoms with Crippen molar-refractivity contribution in [3.05, 3.63) is 53.2 Å². The monoisotopic (exact) mass is 381 g/mol. The van der Waals surface area contributed by atoms with Gasteiger partial charge in [-0.15, -0.1) is 10.2 Å². The van der Waals surface area contributed by atoms with E-state index in [9.17, 15) is 13.2 Å². The largest absolute Gasteiger partial charge is 0.364 e. The fourth-order valence-electron chi connectivity index (χ4n) is 2.67. The van der Waals surface area contributed by atoms with Crippen LogP contribution in [0.25, 0.3) is 10.9 Å². The molecule has 9 heteroatoms. The van der Waals surface area contributed by atoms with Gasteiger partial charge in [0.25, 0.3) is 5.91 Å². The molecule has 136 valence electrons. The third kappa shape index (κ3) is 3.56. The highest BCUT2D eigenvalue weighted by molar-refractivity contribution is 7.90. The fourth-order valence-corrected chi connectivity index (χ4v) is 3.39. The fraction of sp³-hybridized carbons (Fsp3) is 0.111. The molecular weight excluding hydrogens is 366 g/mol. The lowest BCUT2D eigenvalue weighted by molar-refractivity contribution is 0.0995. The zero-order valence-corrected chi connectivity index (χ0v) is 15.3. The number of hydrogen-bond acceptors (Lipinski definition) is 7. The van der Waals surface area contributed by atoms with E-state index in [0.29, 0.717) is 27.7 Å². The minimum absolute atomic E-state index is 0.0877. The number of hydrogen-bond donors (Lipinski definition) is 2. The maximum Gasteiger partial charge on any atom is 0.271 e. The highest BCUT2D eigenvalue weighted by atomic mass is 32.2. The lowest BCUT2D eigenvalue weighted by Crippen LogP contribution is -2.17. The van der Waals surface area contributed by atoms with Crippen molar-refractivity contribution < 1.29 is 13.2 Å². The zero-order valence-electron chi connectivity index (χ0n) is 14.5. The van der Waals surface area contributed by atoms with Crippen molar-refractivity contribution in [1.82, 2.24) is 10.2 Å². The number of carbonyl (C=O) groups is 1. The van der Waals surface area contributed by atoms with Gasteiger partial charge in [-0.1, -0.05) is 6.07 Å². The van der Waals surface area contributed by atoms with Gasteiger partial charge in [-0.25, -0.2) is 8.42 Å². The van der Waals surface area contributed by atoms with Crippen LogP contribution in [0.1, 0.15) is 21.6 Å². The molecule has 0 saturated carbocycles. The van der Waals surface area contributed by atoms with Gasteiger partial charge in [0.15, 0.2) is 15.5 Å². The molecule has 1 aromatic heterocycles. The van der Waals surface area contributed by atoms with Crippen LogP contribution < -0.4 is 11.1 Å². The number of primary amides is 1. The average molecular weight is 381 g/mol. The number of nitrogens with zero attached hydrogens (tertiary/aromatic N) is 3. The second kappa shape index (κ2) is 6.66. The molecule has 0 saturated heterocycles. The molecule has 27 heavy (non-hydrogen) atoms. The first-order chi connectivity index (χ1) is 12.7. The number of benzene rings is 2. The number of rotatable bonds is 4. The molecule has 0 aliphatic rings. The third-order valence-electron chi connectivity index (χ3n) is 3.95. The smallest absolute Gasteiger partial charge is 0.271 e. The first-order valence-electron chi connectivity index (χ1n) is 7.79. The zero-order chi connectivity index (χ0) is 19.8. The first-order valence-corrected chi connectivity index (χ1v) is 9.68. The van der Waals surface area contributed by atoms with Crippen LogP contribution in [0.4, 0.5) is 11.4 Å². The summed E-state index contributed by atoms with van der Waals surface area (Å²) >= 11 is 0. The van der Waals surface area contributed by atoms with E-state index in [1.54, 1.807) is 31.2 Å². The van der Waals surface area contributed by atoms with Crippen LogP contribution in [0.15, 0.2) is 41.3 Å². The summed E-state index contributed by atoms with van der Waals surface area (Å²) in [5.41, 5.74) is 7.49. The Kier molecular flexibility index (Phi) is 4.51. The van der Waals surface area contributed by atoms with E-state index in [4.69, 9.17) is 11.0 Å². The van der Waals surface area contributed by atoms with Gasteiger partial charge in [0.2, 0.25) is 0 Å². The van der Waals surface area contributed by atoms with Crippen molar-refractivity contribution in [2.45, 2.75) is 11.8 Å². The van der Waals surface area contributed by atoms with Crippen molar-refractivity contribution in [2.24, 2.45) is 5.73 Å². The molecule has 1 amide bonds. The number of nitrogens with two attached hydrogens (primary N) is 1. The van der Waals surface area contributed by atoms with E-state index < -0.39 is 15.7 Å². The number of aromatic nitrogens is 2. The molecular formula is C18H15N5O3S. The number of fused-ring (bicyclic) bond motifs is 1. The number of carbonyl (C=O) groups excluding carboxylic acids is 1. The normalized spacial score (nSPS) is 11.1. The van der Waals surface area contributed by atoms with E-state index >= 15 is 0 Å². The van der Waals surface area contributed by atoms with Gasteiger partial charge in [-0.3, -0.25) is 4.79 Å². The Morgan fingerprint density at radius 2 is 1.96 bits per heavy atom. The summed E-state index contributed by atoms with van der Waals surface area (Å²) in [6, 6.07) is 11.5. The topological polar surface area (TPSA) is 139 Å². The van der Waals surface area contributed by atoms with E-state index in [1.165, 1.54) is 12.1 Å². The SMILES string of the molecule is Cc1cc(S(C)(=O)=O)cc2c(Nc3cccc(C#N)c3)c(C(N)=O)nnc12. The van der Waals surface area contributed by atoms with Crippen LogP contribution in [-0.4, -0.2) is 30.8 Å². The molecule has 3 N–H and O–H groups in total. The number of amides is 1. The van der Waals surface area contributed by atoms with Crippen LogP contribution in [-0.2, 0) is 9.84 Å². The molecule has 0 radical (unpaired) electrons. The van der Waals surface area contributed by atoms with Gasteiger partial charge in [0.05, 0.1) is 27.7 Å². The number of sulfone groups is 1. The van der Waals surface area contributed by atoms with Gasteiger partial charge < -0.3 is 11.1 Å². The molecule has 0 fully saturated rings. The third-order valence-corrected chi connectivity index (χ3v) is 5.04. The Bertz CT molecular complexity index is 1230. The highest BCUT2D eigenvalue weighted by Crippen LogP contribution is 2.31.